The molecule has 1 fully saturated rings. The number of fused-ring (bicyclic) bond motifs is 1. The molecule has 4 rings (SSSR count). The Bertz CT molecular complexity index is 989. The molecule has 0 unspecified atom stereocenters. The zero-order valence-corrected chi connectivity index (χ0v) is 14.0. The molecule has 0 spiro atoms. The molecule has 1 aromatic carbocycles. The van der Waals surface area contributed by atoms with Gasteiger partial charge < -0.3 is 9.32 Å². The second-order valence-corrected chi connectivity index (χ2v) is 6.53. The first-order valence-corrected chi connectivity index (χ1v) is 8.45. The molecular weight excluding hydrogens is 318 g/mol. The van der Waals surface area contributed by atoms with Crippen LogP contribution < -0.4 is 5.43 Å². The quantitative estimate of drug-likeness (QED) is 0.780. The second kappa shape index (κ2) is 6.20. The number of piperidine rings is 1. The number of hydrogen-bond donors (Lipinski definition) is 1. The lowest BCUT2D eigenvalue weighted by Crippen LogP contribution is -2.39. The number of hydrogen-bond acceptors (Lipinski definition) is 4. The number of aryl methyl sites for hydroxylation is 1. The van der Waals surface area contributed by atoms with Gasteiger partial charge in [0.2, 0.25) is 0 Å². The van der Waals surface area contributed by atoms with Crippen molar-refractivity contribution in [3.8, 4) is 0 Å². The molecule has 1 amide bonds. The topological polar surface area (TPSA) is 79.2 Å². The number of H-pyrrole nitrogens is 1. The lowest BCUT2D eigenvalue weighted by Gasteiger charge is -2.32. The molecule has 1 N–H and O–H groups in total. The number of nitrogens with zero attached hydrogens (tertiary/aromatic N) is 2. The summed E-state index contributed by atoms with van der Waals surface area (Å²) in [5, 5.41) is 7.62. The molecule has 3 heterocycles. The maximum absolute atomic E-state index is 12.9. The number of aromatic nitrogens is 2. The van der Waals surface area contributed by atoms with Crippen LogP contribution in [0.25, 0.3) is 11.0 Å². The predicted molar refractivity (Wildman–Crippen MR) is 93.7 cm³/mol. The lowest BCUT2D eigenvalue weighted by molar-refractivity contribution is 0.0674. The van der Waals surface area contributed by atoms with E-state index in [0.717, 1.165) is 24.1 Å². The first-order chi connectivity index (χ1) is 12.1. The average Bonchev–Trinajstić information content (AvgIpc) is 3.07. The summed E-state index contributed by atoms with van der Waals surface area (Å²) in [4.78, 5) is 26.9. The van der Waals surface area contributed by atoms with E-state index < -0.39 is 0 Å². The summed E-state index contributed by atoms with van der Waals surface area (Å²) in [6.07, 6.45) is 3.72. The minimum absolute atomic E-state index is 0.102. The molecule has 1 aliphatic heterocycles. The standard InChI is InChI=1S/C19H19N3O3/c1-12-10-20-21-18(12)13-5-4-8-22(11-13)19(24)17-9-15(23)14-6-2-3-7-16(14)25-17/h2-3,6-7,9-10,13H,4-5,8,11H2,1H3,(H,20,21)/t13-/m1/s1. The van der Waals surface area contributed by atoms with Crippen LogP contribution in [-0.4, -0.2) is 34.1 Å². The Balaban J connectivity index is 1.62. The Hall–Kier alpha value is -2.89. The maximum atomic E-state index is 12.9. The lowest BCUT2D eigenvalue weighted by atomic mass is 9.93. The molecule has 2 aromatic heterocycles. The zero-order valence-electron chi connectivity index (χ0n) is 14.0. The highest BCUT2D eigenvalue weighted by Gasteiger charge is 2.28. The summed E-state index contributed by atoms with van der Waals surface area (Å²) in [5.74, 6) is 0.0998. The fraction of sp³-hybridized carbons (Fsp3) is 0.316. The fourth-order valence-electron chi connectivity index (χ4n) is 3.53. The number of aromatic amines is 1. The highest BCUT2D eigenvalue weighted by molar-refractivity contribution is 5.93. The zero-order chi connectivity index (χ0) is 17.4. The van der Waals surface area contributed by atoms with Gasteiger partial charge in [-0.05, 0) is 37.5 Å². The summed E-state index contributed by atoms with van der Waals surface area (Å²) in [6.45, 7) is 3.28. The van der Waals surface area contributed by atoms with E-state index in [-0.39, 0.29) is 23.0 Å². The van der Waals surface area contributed by atoms with Crippen LogP contribution in [0.5, 0.6) is 0 Å². The number of carbonyl (C=O) groups is 1. The molecule has 25 heavy (non-hydrogen) atoms. The normalized spacial score (nSPS) is 17.8. The Kier molecular flexibility index (Phi) is 3.87. The van der Waals surface area contributed by atoms with Crippen LogP contribution >= 0.6 is 0 Å². The smallest absolute Gasteiger partial charge is 0.289 e. The van der Waals surface area contributed by atoms with Crippen molar-refractivity contribution >= 4 is 16.9 Å². The van der Waals surface area contributed by atoms with E-state index in [9.17, 15) is 9.59 Å². The van der Waals surface area contributed by atoms with Crippen LogP contribution in [0.1, 0.15) is 40.6 Å². The summed E-state index contributed by atoms with van der Waals surface area (Å²) in [6, 6.07) is 8.28. The van der Waals surface area contributed by atoms with Crippen molar-refractivity contribution in [2.45, 2.75) is 25.7 Å². The summed E-state index contributed by atoms with van der Waals surface area (Å²) >= 11 is 0. The van der Waals surface area contributed by atoms with E-state index in [1.807, 2.05) is 6.92 Å². The minimum atomic E-state index is -0.232. The number of benzene rings is 1. The van der Waals surface area contributed by atoms with Crippen molar-refractivity contribution < 1.29 is 9.21 Å². The van der Waals surface area contributed by atoms with E-state index in [4.69, 9.17) is 4.42 Å². The van der Waals surface area contributed by atoms with Crippen LogP contribution in [0.2, 0.25) is 0 Å². The largest absolute Gasteiger partial charge is 0.451 e. The molecule has 0 bridgehead atoms. The number of nitrogens with one attached hydrogen (secondary N) is 1. The third-order valence-electron chi connectivity index (χ3n) is 4.83. The predicted octanol–water partition coefficient (Wildman–Crippen LogP) is 2.84. The van der Waals surface area contributed by atoms with Gasteiger partial charge in [-0.25, -0.2) is 0 Å². The van der Waals surface area contributed by atoms with Gasteiger partial charge in [0.15, 0.2) is 11.2 Å². The van der Waals surface area contributed by atoms with E-state index in [2.05, 4.69) is 10.2 Å². The van der Waals surface area contributed by atoms with Crippen LogP contribution in [0.3, 0.4) is 0 Å². The van der Waals surface area contributed by atoms with Crippen LogP contribution in [0.15, 0.2) is 45.7 Å². The van der Waals surface area contributed by atoms with E-state index in [0.29, 0.717) is 24.1 Å². The number of amides is 1. The highest BCUT2D eigenvalue weighted by Crippen LogP contribution is 2.28. The van der Waals surface area contributed by atoms with Gasteiger partial charge in [0, 0.05) is 30.8 Å². The molecule has 0 radical (unpaired) electrons. The molecule has 1 saturated heterocycles. The van der Waals surface area contributed by atoms with Gasteiger partial charge in [-0.3, -0.25) is 14.7 Å². The number of rotatable bonds is 2. The van der Waals surface area contributed by atoms with Crippen molar-refractivity contribution in [1.82, 2.24) is 15.1 Å². The Morgan fingerprint density at radius 3 is 3.00 bits per heavy atom. The van der Waals surface area contributed by atoms with Crippen LogP contribution in [0.4, 0.5) is 0 Å². The van der Waals surface area contributed by atoms with Crippen molar-refractivity contribution in [3.05, 3.63) is 63.8 Å². The first kappa shape index (κ1) is 15.6. The summed E-state index contributed by atoms with van der Waals surface area (Å²) < 4.78 is 5.70. The molecular formula is C19H19N3O3. The van der Waals surface area contributed by atoms with Gasteiger partial charge in [0.25, 0.3) is 5.91 Å². The third-order valence-corrected chi connectivity index (χ3v) is 4.83. The monoisotopic (exact) mass is 337 g/mol. The van der Waals surface area contributed by atoms with Gasteiger partial charge in [-0.1, -0.05) is 12.1 Å². The fourth-order valence-corrected chi connectivity index (χ4v) is 3.53. The number of para-hydroxylation sites is 1. The Morgan fingerprint density at radius 1 is 1.36 bits per heavy atom. The van der Waals surface area contributed by atoms with Crippen LogP contribution in [0, 0.1) is 6.92 Å². The van der Waals surface area contributed by atoms with Crippen LogP contribution in [-0.2, 0) is 0 Å². The van der Waals surface area contributed by atoms with Gasteiger partial charge in [0.1, 0.15) is 5.58 Å². The third kappa shape index (κ3) is 2.84. The van der Waals surface area contributed by atoms with Gasteiger partial charge in [-0.15, -0.1) is 0 Å². The summed E-state index contributed by atoms with van der Waals surface area (Å²) in [5.41, 5.74) is 2.44. The molecule has 0 saturated carbocycles. The van der Waals surface area contributed by atoms with Crippen molar-refractivity contribution in [2.75, 3.05) is 13.1 Å². The van der Waals surface area contributed by atoms with E-state index in [1.54, 1.807) is 35.4 Å². The van der Waals surface area contributed by atoms with Crippen molar-refractivity contribution in [3.63, 3.8) is 0 Å². The van der Waals surface area contributed by atoms with Gasteiger partial charge >= 0.3 is 0 Å². The minimum Gasteiger partial charge on any atom is -0.451 e. The Morgan fingerprint density at radius 2 is 2.20 bits per heavy atom. The van der Waals surface area contributed by atoms with Crippen molar-refractivity contribution in [1.29, 1.82) is 0 Å². The number of likely N-dealkylation sites (tertiary alicyclic amines) is 1. The molecule has 1 aliphatic rings. The average molecular weight is 337 g/mol. The summed E-state index contributed by atoms with van der Waals surface area (Å²) in [7, 11) is 0. The van der Waals surface area contributed by atoms with Crippen molar-refractivity contribution in [2.24, 2.45) is 0 Å². The molecule has 1 atom stereocenters. The first-order valence-electron chi connectivity index (χ1n) is 8.45. The molecule has 3 aromatic rings. The Labute approximate surface area is 144 Å². The molecule has 6 nitrogen and oxygen atoms in total. The van der Waals surface area contributed by atoms with Gasteiger partial charge in [-0.2, -0.15) is 5.10 Å². The molecule has 6 heteroatoms. The number of carbonyl (C=O) groups excluding carboxylic acids is 1. The molecule has 0 aliphatic carbocycles. The SMILES string of the molecule is Cc1cn[nH]c1[C@@H]1CCCN(C(=O)c2cc(=O)c3ccccc3o2)C1. The van der Waals surface area contributed by atoms with Gasteiger partial charge in [0.05, 0.1) is 11.6 Å². The maximum Gasteiger partial charge on any atom is 0.289 e. The second-order valence-electron chi connectivity index (χ2n) is 6.53. The van der Waals surface area contributed by atoms with E-state index in [1.165, 1.54) is 6.07 Å². The molecule has 128 valence electrons. The van der Waals surface area contributed by atoms with E-state index >= 15 is 0 Å². The highest BCUT2D eigenvalue weighted by atomic mass is 16.3.